The molecule has 0 aromatic heterocycles. The molecule has 1 aliphatic rings. The monoisotopic (exact) mass is 126 g/mol. The van der Waals surface area contributed by atoms with Crippen molar-refractivity contribution >= 4 is 0 Å². The molecule has 1 aliphatic carbocycles. The van der Waals surface area contributed by atoms with Crippen LogP contribution in [0.2, 0.25) is 0 Å². The molecule has 1 heteroatoms. The highest BCUT2D eigenvalue weighted by Gasteiger charge is 2.22. The lowest BCUT2D eigenvalue weighted by Crippen LogP contribution is -2.21. The second kappa shape index (κ2) is 2.53. The summed E-state index contributed by atoms with van der Waals surface area (Å²) in [6, 6.07) is 0. The van der Waals surface area contributed by atoms with Crippen molar-refractivity contribution in [2.45, 2.75) is 26.2 Å². The zero-order chi connectivity index (χ0) is 6.74. The number of allylic oxidation sites excluding steroid dienone is 2. The largest absolute Gasteiger partial charge is 0.396 e. The first-order valence-electron chi connectivity index (χ1n) is 3.53. The average Bonchev–Trinajstić information content (AvgIpc) is 1.90. The van der Waals surface area contributed by atoms with Crippen molar-refractivity contribution in [3.8, 4) is 0 Å². The Kier molecular flexibility index (Phi) is 1.91. The molecule has 0 radical (unpaired) electrons. The number of hydrogen-bond donors (Lipinski definition) is 1. The van der Waals surface area contributed by atoms with Gasteiger partial charge in [-0.25, -0.2) is 0 Å². The fourth-order valence-electron chi connectivity index (χ4n) is 1.16. The van der Waals surface area contributed by atoms with Gasteiger partial charge in [0.25, 0.3) is 0 Å². The van der Waals surface area contributed by atoms with Gasteiger partial charge >= 0.3 is 0 Å². The molecule has 0 fully saturated rings. The van der Waals surface area contributed by atoms with Crippen LogP contribution in [0.4, 0.5) is 0 Å². The van der Waals surface area contributed by atoms with Crippen LogP contribution in [0.5, 0.6) is 0 Å². The summed E-state index contributed by atoms with van der Waals surface area (Å²) < 4.78 is 0. The molecule has 1 rings (SSSR count). The first-order valence-corrected chi connectivity index (χ1v) is 3.53. The van der Waals surface area contributed by atoms with Crippen molar-refractivity contribution in [1.29, 1.82) is 0 Å². The predicted molar refractivity (Wildman–Crippen MR) is 38.2 cm³/mol. The van der Waals surface area contributed by atoms with Crippen LogP contribution >= 0.6 is 0 Å². The van der Waals surface area contributed by atoms with E-state index >= 15 is 0 Å². The quantitative estimate of drug-likeness (QED) is 0.530. The summed E-state index contributed by atoms with van der Waals surface area (Å²) in [4.78, 5) is 0. The fraction of sp³-hybridized carbons (Fsp3) is 0.750. The van der Waals surface area contributed by atoms with E-state index in [0.29, 0.717) is 6.61 Å². The Bertz CT molecular complexity index is 118. The lowest BCUT2D eigenvalue weighted by Gasteiger charge is -2.27. The number of rotatable bonds is 1. The first-order chi connectivity index (χ1) is 4.27. The van der Waals surface area contributed by atoms with Crippen molar-refractivity contribution in [2.75, 3.05) is 6.61 Å². The van der Waals surface area contributed by atoms with E-state index in [4.69, 9.17) is 5.11 Å². The van der Waals surface area contributed by atoms with Gasteiger partial charge in [-0.2, -0.15) is 0 Å². The van der Waals surface area contributed by atoms with Gasteiger partial charge in [0.05, 0.1) is 0 Å². The lowest BCUT2D eigenvalue weighted by molar-refractivity contribution is 0.132. The van der Waals surface area contributed by atoms with Crippen LogP contribution in [0.1, 0.15) is 26.2 Å². The zero-order valence-corrected chi connectivity index (χ0v) is 5.93. The molecule has 0 heterocycles. The van der Waals surface area contributed by atoms with E-state index in [1.54, 1.807) is 0 Å². The zero-order valence-electron chi connectivity index (χ0n) is 5.93. The Morgan fingerprint density at radius 1 is 1.56 bits per heavy atom. The van der Waals surface area contributed by atoms with Gasteiger partial charge < -0.3 is 5.11 Å². The highest BCUT2D eigenvalue weighted by Crippen LogP contribution is 2.30. The fourth-order valence-corrected chi connectivity index (χ4v) is 1.16. The van der Waals surface area contributed by atoms with E-state index < -0.39 is 0 Å². The third-order valence-electron chi connectivity index (χ3n) is 2.07. The van der Waals surface area contributed by atoms with E-state index in [1.165, 1.54) is 0 Å². The molecular formula is C8H14O. The summed E-state index contributed by atoms with van der Waals surface area (Å²) in [5.74, 6) is 0. The summed E-state index contributed by atoms with van der Waals surface area (Å²) in [7, 11) is 0. The average molecular weight is 126 g/mol. The molecule has 0 aromatic carbocycles. The maximum absolute atomic E-state index is 8.92. The third-order valence-corrected chi connectivity index (χ3v) is 2.07. The van der Waals surface area contributed by atoms with E-state index in [2.05, 4.69) is 19.1 Å². The van der Waals surface area contributed by atoms with Gasteiger partial charge in [0.1, 0.15) is 0 Å². The maximum Gasteiger partial charge on any atom is 0.0487 e. The molecule has 0 saturated carbocycles. The second-order valence-corrected chi connectivity index (χ2v) is 3.18. The minimum atomic E-state index is 0.189. The summed E-state index contributed by atoms with van der Waals surface area (Å²) in [6.45, 7) is 2.47. The topological polar surface area (TPSA) is 20.2 Å². The molecule has 9 heavy (non-hydrogen) atoms. The Morgan fingerprint density at radius 3 is 2.67 bits per heavy atom. The molecule has 1 N–H and O–H groups in total. The number of aliphatic hydroxyl groups is 1. The van der Waals surface area contributed by atoms with Crippen molar-refractivity contribution < 1.29 is 5.11 Å². The van der Waals surface area contributed by atoms with Gasteiger partial charge in [-0.1, -0.05) is 19.1 Å². The minimum Gasteiger partial charge on any atom is -0.396 e. The van der Waals surface area contributed by atoms with Crippen molar-refractivity contribution in [2.24, 2.45) is 5.41 Å². The molecule has 52 valence electrons. The Hall–Kier alpha value is -0.300. The standard InChI is InChI=1S/C8H14O/c1-8(7-9)5-3-2-4-6-8/h2-3,9H,4-7H2,1H3. The molecular weight excluding hydrogens is 112 g/mol. The van der Waals surface area contributed by atoms with Gasteiger partial charge in [-0.05, 0) is 24.7 Å². The Balaban J connectivity index is 2.50. The SMILES string of the molecule is CC1(CO)CC=CCC1. The van der Waals surface area contributed by atoms with Gasteiger partial charge in [-0.15, -0.1) is 0 Å². The van der Waals surface area contributed by atoms with E-state index in [-0.39, 0.29) is 5.41 Å². The first kappa shape index (κ1) is 6.81. The molecule has 0 aliphatic heterocycles. The Labute approximate surface area is 56.4 Å². The number of hydrogen-bond acceptors (Lipinski definition) is 1. The summed E-state index contributed by atoms with van der Waals surface area (Å²) in [5.41, 5.74) is 0.189. The van der Waals surface area contributed by atoms with Crippen LogP contribution in [-0.2, 0) is 0 Å². The lowest BCUT2D eigenvalue weighted by atomic mass is 9.80. The summed E-state index contributed by atoms with van der Waals surface area (Å²) in [6.07, 6.45) is 7.68. The van der Waals surface area contributed by atoms with Gasteiger partial charge in [0, 0.05) is 6.61 Å². The van der Waals surface area contributed by atoms with Crippen LogP contribution in [-0.4, -0.2) is 11.7 Å². The molecule has 0 aromatic rings. The molecule has 1 nitrogen and oxygen atoms in total. The van der Waals surface area contributed by atoms with Crippen LogP contribution in [0, 0.1) is 5.41 Å². The molecule has 1 atom stereocenters. The van der Waals surface area contributed by atoms with E-state index in [9.17, 15) is 0 Å². The molecule has 0 amide bonds. The third kappa shape index (κ3) is 1.55. The predicted octanol–water partition coefficient (Wildman–Crippen LogP) is 1.73. The van der Waals surface area contributed by atoms with E-state index in [0.717, 1.165) is 19.3 Å². The van der Waals surface area contributed by atoms with Gasteiger partial charge in [0.15, 0.2) is 0 Å². The maximum atomic E-state index is 8.92. The molecule has 1 unspecified atom stereocenters. The summed E-state index contributed by atoms with van der Waals surface area (Å²) in [5, 5.41) is 8.92. The van der Waals surface area contributed by atoms with Gasteiger partial charge in [-0.3, -0.25) is 0 Å². The van der Waals surface area contributed by atoms with Crippen LogP contribution in [0.15, 0.2) is 12.2 Å². The van der Waals surface area contributed by atoms with Crippen LogP contribution < -0.4 is 0 Å². The minimum absolute atomic E-state index is 0.189. The second-order valence-electron chi connectivity index (χ2n) is 3.18. The highest BCUT2D eigenvalue weighted by molar-refractivity contribution is 4.95. The Morgan fingerprint density at radius 2 is 2.33 bits per heavy atom. The van der Waals surface area contributed by atoms with Crippen LogP contribution in [0.25, 0.3) is 0 Å². The van der Waals surface area contributed by atoms with E-state index in [1.807, 2.05) is 0 Å². The normalized spacial score (nSPS) is 34.9. The molecule has 0 saturated heterocycles. The van der Waals surface area contributed by atoms with Gasteiger partial charge in [0.2, 0.25) is 0 Å². The van der Waals surface area contributed by atoms with Crippen molar-refractivity contribution in [3.05, 3.63) is 12.2 Å². The smallest absolute Gasteiger partial charge is 0.0487 e. The highest BCUT2D eigenvalue weighted by atomic mass is 16.3. The molecule has 0 bridgehead atoms. The number of aliphatic hydroxyl groups excluding tert-OH is 1. The van der Waals surface area contributed by atoms with Crippen LogP contribution in [0.3, 0.4) is 0 Å². The summed E-state index contributed by atoms with van der Waals surface area (Å²) >= 11 is 0. The van der Waals surface area contributed by atoms with Crippen molar-refractivity contribution in [1.82, 2.24) is 0 Å². The molecule has 0 spiro atoms. The van der Waals surface area contributed by atoms with Crippen molar-refractivity contribution in [3.63, 3.8) is 0 Å².